The van der Waals surface area contributed by atoms with Gasteiger partial charge in [-0.15, -0.1) is 0 Å². The molecule has 1 fully saturated rings. The van der Waals surface area contributed by atoms with E-state index in [0.717, 1.165) is 6.29 Å². The highest BCUT2D eigenvalue weighted by atomic mass is 19.1. The number of aldehydes is 1. The summed E-state index contributed by atoms with van der Waals surface area (Å²) in [6, 6.07) is 5.83. The van der Waals surface area contributed by atoms with Gasteiger partial charge in [-0.2, -0.15) is 0 Å². The zero-order valence-corrected chi connectivity index (χ0v) is 7.54. The van der Waals surface area contributed by atoms with Gasteiger partial charge in [-0.05, 0) is 30.5 Å². The lowest BCUT2D eigenvalue weighted by atomic mass is 9.64. The van der Waals surface area contributed by atoms with E-state index in [-0.39, 0.29) is 18.7 Å². The molecule has 0 bridgehead atoms. The third-order valence-corrected chi connectivity index (χ3v) is 2.80. The SMILES string of the molecule is O=CC1(c2cccc(F)c2)CC(F)C1. The number of alkyl halides is 1. The van der Waals surface area contributed by atoms with Crippen LogP contribution in [0.4, 0.5) is 8.78 Å². The van der Waals surface area contributed by atoms with Gasteiger partial charge in [0.1, 0.15) is 18.3 Å². The average Bonchev–Trinajstić information content (AvgIpc) is 2.12. The molecule has 3 heteroatoms. The minimum atomic E-state index is -0.927. The van der Waals surface area contributed by atoms with Crippen molar-refractivity contribution in [2.45, 2.75) is 24.4 Å². The molecule has 0 amide bonds. The van der Waals surface area contributed by atoms with E-state index in [1.165, 1.54) is 12.1 Å². The number of benzene rings is 1. The predicted molar refractivity (Wildman–Crippen MR) is 48.3 cm³/mol. The Hall–Kier alpha value is -1.25. The smallest absolute Gasteiger partial charge is 0.130 e. The van der Waals surface area contributed by atoms with E-state index >= 15 is 0 Å². The number of carbonyl (C=O) groups is 1. The highest BCUT2D eigenvalue weighted by Gasteiger charge is 2.46. The summed E-state index contributed by atoms with van der Waals surface area (Å²) in [5, 5.41) is 0. The van der Waals surface area contributed by atoms with E-state index in [0.29, 0.717) is 5.56 Å². The maximum absolute atomic E-state index is 12.9. The van der Waals surface area contributed by atoms with E-state index in [9.17, 15) is 13.6 Å². The molecular weight excluding hydrogens is 186 g/mol. The summed E-state index contributed by atoms with van der Waals surface area (Å²) in [6.45, 7) is 0. The Kier molecular flexibility index (Phi) is 2.10. The minimum absolute atomic E-state index is 0.181. The Labute approximate surface area is 80.7 Å². The van der Waals surface area contributed by atoms with E-state index in [4.69, 9.17) is 0 Å². The molecule has 0 aliphatic heterocycles. The molecule has 1 aromatic rings. The van der Waals surface area contributed by atoms with Crippen LogP contribution in [0, 0.1) is 5.82 Å². The molecule has 1 aliphatic rings. The lowest BCUT2D eigenvalue weighted by Gasteiger charge is -2.39. The van der Waals surface area contributed by atoms with Crippen LogP contribution < -0.4 is 0 Å². The Morgan fingerprint density at radius 2 is 2.14 bits per heavy atom. The summed E-state index contributed by atoms with van der Waals surface area (Å²) in [5.41, 5.74) is -0.192. The molecule has 0 atom stereocenters. The van der Waals surface area contributed by atoms with Crippen molar-refractivity contribution in [3.63, 3.8) is 0 Å². The van der Waals surface area contributed by atoms with Gasteiger partial charge in [0.2, 0.25) is 0 Å². The average molecular weight is 196 g/mol. The van der Waals surface area contributed by atoms with Gasteiger partial charge in [0.25, 0.3) is 0 Å². The summed E-state index contributed by atoms with van der Waals surface area (Å²) in [7, 11) is 0. The van der Waals surface area contributed by atoms with E-state index in [1.54, 1.807) is 12.1 Å². The van der Waals surface area contributed by atoms with Crippen LogP contribution in [0.2, 0.25) is 0 Å². The van der Waals surface area contributed by atoms with Crippen molar-refractivity contribution < 1.29 is 13.6 Å². The van der Waals surface area contributed by atoms with Gasteiger partial charge in [0.05, 0.1) is 5.41 Å². The molecule has 0 spiro atoms. The van der Waals surface area contributed by atoms with Crippen molar-refractivity contribution in [2.75, 3.05) is 0 Å². The molecule has 0 aromatic heterocycles. The van der Waals surface area contributed by atoms with Gasteiger partial charge in [-0.25, -0.2) is 8.78 Å². The summed E-state index contributed by atoms with van der Waals surface area (Å²) in [6.07, 6.45) is 0.168. The van der Waals surface area contributed by atoms with Gasteiger partial charge in [0.15, 0.2) is 0 Å². The van der Waals surface area contributed by atoms with Crippen LogP contribution in [0.15, 0.2) is 24.3 Å². The second kappa shape index (κ2) is 3.15. The third kappa shape index (κ3) is 1.33. The van der Waals surface area contributed by atoms with Gasteiger partial charge < -0.3 is 4.79 Å². The van der Waals surface area contributed by atoms with E-state index < -0.39 is 11.6 Å². The van der Waals surface area contributed by atoms with Crippen molar-refractivity contribution >= 4 is 6.29 Å². The predicted octanol–water partition coefficient (Wildman–Crippen LogP) is 2.39. The van der Waals surface area contributed by atoms with Crippen molar-refractivity contribution in [3.05, 3.63) is 35.6 Å². The van der Waals surface area contributed by atoms with Crippen LogP contribution in [0.3, 0.4) is 0 Å². The summed E-state index contributed by atoms with van der Waals surface area (Å²) in [5.74, 6) is -0.383. The van der Waals surface area contributed by atoms with Crippen molar-refractivity contribution in [2.24, 2.45) is 0 Å². The van der Waals surface area contributed by atoms with Crippen molar-refractivity contribution in [1.82, 2.24) is 0 Å². The fourth-order valence-electron chi connectivity index (χ4n) is 1.93. The maximum atomic E-state index is 12.9. The minimum Gasteiger partial charge on any atom is -0.302 e. The lowest BCUT2D eigenvalue weighted by Crippen LogP contribution is -2.44. The normalized spacial score (nSPS) is 30.9. The van der Waals surface area contributed by atoms with Crippen LogP contribution in [0.1, 0.15) is 18.4 Å². The summed E-state index contributed by atoms with van der Waals surface area (Å²) in [4.78, 5) is 10.9. The number of hydrogen-bond donors (Lipinski definition) is 0. The first-order valence-corrected chi connectivity index (χ1v) is 4.53. The Bertz CT molecular complexity index is 356. The zero-order valence-electron chi connectivity index (χ0n) is 7.54. The van der Waals surface area contributed by atoms with Crippen LogP contribution in [-0.4, -0.2) is 12.5 Å². The standard InChI is InChI=1S/C11H10F2O/c12-9-3-1-2-8(4-9)11(7-14)5-10(13)6-11/h1-4,7,10H,5-6H2. The molecule has 14 heavy (non-hydrogen) atoms. The lowest BCUT2D eigenvalue weighted by molar-refractivity contribution is -0.117. The van der Waals surface area contributed by atoms with Gasteiger partial charge in [0, 0.05) is 0 Å². The Morgan fingerprint density at radius 1 is 1.43 bits per heavy atom. The summed E-state index contributed by atoms with van der Waals surface area (Å²) < 4.78 is 25.6. The molecule has 0 N–H and O–H groups in total. The van der Waals surface area contributed by atoms with E-state index in [1.807, 2.05) is 0 Å². The van der Waals surface area contributed by atoms with Gasteiger partial charge >= 0.3 is 0 Å². The third-order valence-electron chi connectivity index (χ3n) is 2.80. The second-order valence-electron chi connectivity index (χ2n) is 3.79. The monoisotopic (exact) mass is 196 g/mol. The Balaban J connectivity index is 2.33. The van der Waals surface area contributed by atoms with Crippen LogP contribution >= 0.6 is 0 Å². The highest BCUT2D eigenvalue weighted by Crippen LogP contribution is 2.43. The first kappa shape index (κ1) is 9.31. The first-order chi connectivity index (χ1) is 6.66. The van der Waals surface area contributed by atoms with Gasteiger partial charge in [-0.3, -0.25) is 0 Å². The first-order valence-electron chi connectivity index (χ1n) is 4.53. The molecule has 0 saturated heterocycles. The molecular formula is C11H10F2O. The number of carbonyl (C=O) groups excluding carboxylic acids is 1. The van der Waals surface area contributed by atoms with E-state index in [2.05, 4.69) is 0 Å². The number of hydrogen-bond acceptors (Lipinski definition) is 1. The summed E-state index contributed by atoms with van der Waals surface area (Å²) >= 11 is 0. The molecule has 1 aromatic carbocycles. The second-order valence-corrected chi connectivity index (χ2v) is 3.79. The molecule has 0 heterocycles. The van der Waals surface area contributed by atoms with Crippen molar-refractivity contribution in [1.29, 1.82) is 0 Å². The molecule has 1 nitrogen and oxygen atoms in total. The quantitative estimate of drug-likeness (QED) is 0.664. The molecule has 0 unspecified atom stereocenters. The maximum Gasteiger partial charge on any atom is 0.130 e. The van der Waals surface area contributed by atoms with Crippen LogP contribution in [0.5, 0.6) is 0 Å². The molecule has 1 aliphatic carbocycles. The van der Waals surface area contributed by atoms with Crippen LogP contribution in [0.25, 0.3) is 0 Å². The fraction of sp³-hybridized carbons (Fsp3) is 0.364. The largest absolute Gasteiger partial charge is 0.302 e. The Morgan fingerprint density at radius 3 is 2.64 bits per heavy atom. The van der Waals surface area contributed by atoms with Crippen molar-refractivity contribution in [3.8, 4) is 0 Å². The molecule has 0 radical (unpaired) electrons. The van der Waals surface area contributed by atoms with Crippen LogP contribution in [-0.2, 0) is 10.2 Å². The molecule has 1 saturated carbocycles. The fourth-order valence-corrected chi connectivity index (χ4v) is 1.93. The zero-order chi connectivity index (χ0) is 10.2. The molecule has 74 valence electrons. The topological polar surface area (TPSA) is 17.1 Å². The highest BCUT2D eigenvalue weighted by molar-refractivity contribution is 5.70. The number of rotatable bonds is 2. The number of halogens is 2. The molecule has 2 rings (SSSR count). The van der Waals surface area contributed by atoms with Gasteiger partial charge in [-0.1, -0.05) is 12.1 Å².